The zero-order chi connectivity index (χ0) is 13.0. The zero-order valence-corrected chi connectivity index (χ0v) is 11.2. The summed E-state index contributed by atoms with van der Waals surface area (Å²) in [7, 11) is 2.10. The van der Waals surface area contributed by atoms with Gasteiger partial charge in [-0.15, -0.1) is 0 Å². The van der Waals surface area contributed by atoms with Crippen LogP contribution < -0.4 is 5.32 Å². The van der Waals surface area contributed by atoms with Crippen LogP contribution in [0.15, 0.2) is 18.3 Å². The summed E-state index contributed by atoms with van der Waals surface area (Å²) in [5, 5.41) is 3.54. The van der Waals surface area contributed by atoms with Gasteiger partial charge in [0.25, 0.3) is 0 Å². The number of rotatable bonds is 4. The molecule has 1 fully saturated rings. The first-order chi connectivity index (χ1) is 8.66. The Hall–Kier alpha value is -1.00. The minimum absolute atomic E-state index is 0.217. The van der Waals surface area contributed by atoms with Gasteiger partial charge in [0.15, 0.2) is 0 Å². The average molecular weight is 251 g/mol. The first-order valence-corrected chi connectivity index (χ1v) is 6.72. The van der Waals surface area contributed by atoms with E-state index in [2.05, 4.69) is 29.2 Å². The minimum Gasteiger partial charge on any atom is -0.313 e. The first-order valence-electron chi connectivity index (χ1n) is 6.72. The molecule has 2 atom stereocenters. The van der Waals surface area contributed by atoms with Gasteiger partial charge in [0.2, 0.25) is 0 Å². The van der Waals surface area contributed by atoms with Gasteiger partial charge in [-0.3, -0.25) is 9.88 Å². The smallest absolute Gasteiger partial charge is 0.141 e. The van der Waals surface area contributed by atoms with E-state index in [9.17, 15) is 4.39 Å². The highest BCUT2D eigenvalue weighted by molar-refractivity contribution is 5.09. The molecular formula is C14H22FN3. The van der Waals surface area contributed by atoms with Gasteiger partial charge in [0, 0.05) is 18.6 Å². The van der Waals surface area contributed by atoms with Crippen molar-refractivity contribution in [2.24, 2.45) is 0 Å². The number of nitrogens with one attached hydrogen (secondary N) is 1. The highest BCUT2D eigenvalue weighted by Gasteiger charge is 2.19. The molecule has 0 amide bonds. The van der Waals surface area contributed by atoms with Crippen molar-refractivity contribution in [1.29, 1.82) is 0 Å². The van der Waals surface area contributed by atoms with Crippen molar-refractivity contribution < 1.29 is 4.39 Å². The molecule has 1 aromatic rings. The normalized spacial score (nSPS) is 22.1. The maximum Gasteiger partial charge on any atom is 0.141 e. The standard InChI is InChI=1S/C14H22FN3/c1-11(14-7-6-12(15)9-17-14)18(2)10-13-5-3-4-8-16-13/h6-7,9,11,13,16H,3-5,8,10H2,1-2H3. The average Bonchev–Trinajstić information content (AvgIpc) is 2.40. The molecule has 1 saturated heterocycles. The summed E-state index contributed by atoms with van der Waals surface area (Å²) < 4.78 is 12.8. The lowest BCUT2D eigenvalue weighted by molar-refractivity contribution is 0.211. The van der Waals surface area contributed by atoms with E-state index in [1.54, 1.807) is 6.07 Å². The maximum absolute atomic E-state index is 12.8. The Morgan fingerprint density at radius 1 is 1.50 bits per heavy atom. The van der Waals surface area contributed by atoms with Crippen LogP contribution in [0.25, 0.3) is 0 Å². The Kier molecular flexibility index (Phi) is 4.66. The lowest BCUT2D eigenvalue weighted by atomic mass is 10.0. The quantitative estimate of drug-likeness (QED) is 0.890. The van der Waals surface area contributed by atoms with Gasteiger partial charge >= 0.3 is 0 Å². The van der Waals surface area contributed by atoms with Crippen molar-refractivity contribution in [1.82, 2.24) is 15.2 Å². The van der Waals surface area contributed by atoms with Gasteiger partial charge in [-0.2, -0.15) is 0 Å². The second-order valence-corrected chi connectivity index (χ2v) is 5.16. The SMILES string of the molecule is CC(c1ccc(F)cn1)N(C)CC1CCCCN1. The molecule has 3 nitrogen and oxygen atoms in total. The van der Waals surface area contributed by atoms with Crippen molar-refractivity contribution in [3.63, 3.8) is 0 Å². The van der Waals surface area contributed by atoms with Crippen molar-refractivity contribution in [2.75, 3.05) is 20.1 Å². The summed E-state index contributed by atoms with van der Waals surface area (Å²) in [6, 6.07) is 4.04. The van der Waals surface area contributed by atoms with Gasteiger partial charge in [-0.05, 0) is 45.5 Å². The predicted molar refractivity (Wildman–Crippen MR) is 70.9 cm³/mol. The highest BCUT2D eigenvalue weighted by Crippen LogP contribution is 2.18. The molecule has 2 rings (SSSR count). The summed E-state index contributed by atoms with van der Waals surface area (Å²) in [6.45, 7) is 4.25. The molecule has 0 aromatic carbocycles. The topological polar surface area (TPSA) is 28.2 Å². The molecule has 0 spiro atoms. The van der Waals surface area contributed by atoms with E-state index in [1.807, 2.05) is 0 Å². The molecule has 0 radical (unpaired) electrons. The number of pyridine rings is 1. The molecular weight excluding hydrogens is 229 g/mol. The van der Waals surface area contributed by atoms with E-state index >= 15 is 0 Å². The van der Waals surface area contributed by atoms with Gasteiger partial charge in [0.1, 0.15) is 5.82 Å². The van der Waals surface area contributed by atoms with E-state index in [1.165, 1.54) is 31.5 Å². The molecule has 4 heteroatoms. The summed E-state index contributed by atoms with van der Waals surface area (Å²) >= 11 is 0. The molecule has 18 heavy (non-hydrogen) atoms. The lowest BCUT2D eigenvalue weighted by Crippen LogP contribution is -2.43. The lowest BCUT2D eigenvalue weighted by Gasteiger charge is -2.31. The van der Waals surface area contributed by atoms with E-state index in [0.717, 1.165) is 18.8 Å². The van der Waals surface area contributed by atoms with Gasteiger partial charge < -0.3 is 5.32 Å². The Bertz CT molecular complexity index is 360. The van der Waals surface area contributed by atoms with Crippen molar-refractivity contribution in [3.8, 4) is 0 Å². The fraction of sp³-hybridized carbons (Fsp3) is 0.643. The van der Waals surface area contributed by atoms with Crippen molar-refractivity contribution in [3.05, 3.63) is 29.8 Å². The summed E-state index contributed by atoms with van der Waals surface area (Å²) in [5.74, 6) is -0.275. The number of aromatic nitrogens is 1. The van der Waals surface area contributed by atoms with Gasteiger partial charge in [-0.25, -0.2) is 4.39 Å². The Morgan fingerprint density at radius 3 is 2.94 bits per heavy atom. The molecule has 0 aliphatic carbocycles. The van der Waals surface area contributed by atoms with Crippen LogP contribution in [0.3, 0.4) is 0 Å². The van der Waals surface area contributed by atoms with Crippen LogP contribution in [0.5, 0.6) is 0 Å². The molecule has 0 saturated carbocycles. The Balaban J connectivity index is 1.91. The number of piperidine rings is 1. The van der Waals surface area contributed by atoms with Crippen LogP contribution in [0.4, 0.5) is 4.39 Å². The Labute approximate surface area is 108 Å². The molecule has 1 aliphatic heterocycles. The third kappa shape index (κ3) is 3.50. The minimum atomic E-state index is -0.275. The monoisotopic (exact) mass is 251 g/mol. The van der Waals surface area contributed by atoms with Crippen molar-refractivity contribution >= 4 is 0 Å². The van der Waals surface area contributed by atoms with Crippen molar-refractivity contribution in [2.45, 2.75) is 38.3 Å². The Morgan fingerprint density at radius 2 is 2.33 bits per heavy atom. The fourth-order valence-electron chi connectivity index (χ4n) is 2.45. The number of nitrogens with zero attached hydrogens (tertiary/aromatic N) is 2. The summed E-state index contributed by atoms with van der Waals surface area (Å²) in [6.07, 6.45) is 5.14. The molecule has 1 aromatic heterocycles. The molecule has 2 heterocycles. The summed E-state index contributed by atoms with van der Waals surface area (Å²) in [4.78, 5) is 6.44. The van der Waals surface area contributed by atoms with Crippen LogP contribution in [-0.4, -0.2) is 36.1 Å². The highest BCUT2D eigenvalue weighted by atomic mass is 19.1. The van der Waals surface area contributed by atoms with E-state index in [4.69, 9.17) is 0 Å². The zero-order valence-electron chi connectivity index (χ0n) is 11.2. The van der Waals surface area contributed by atoms with Crippen LogP contribution >= 0.6 is 0 Å². The number of likely N-dealkylation sites (N-methyl/N-ethyl adjacent to an activating group) is 1. The fourth-order valence-corrected chi connectivity index (χ4v) is 2.45. The summed E-state index contributed by atoms with van der Waals surface area (Å²) in [5.41, 5.74) is 0.926. The van der Waals surface area contributed by atoms with Gasteiger partial charge in [-0.1, -0.05) is 6.42 Å². The third-order valence-electron chi connectivity index (χ3n) is 3.76. The first kappa shape index (κ1) is 13.4. The molecule has 2 unspecified atom stereocenters. The van der Waals surface area contributed by atoms with E-state index < -0.39 is 0 Å². The number of halogens is 1. The van der Waals surface area contributed by atoms with Crippen LogP contribution in [-0.2, 0) is 0 Å². The second kappa shape index (κ2) is 6.25. The number of hydrogen-bond acceptors (Lipinski definition) is 3. The van der Waals surface area contributed by atoms with Crippen LogP contribution in [0.1, 0.15) is 37.9 Å². The molecule has 1 N–H and O–H groups in total. The third-order valence-corrected chi connectivity index (χ3v) is 3.76. The van der Waals surface area contributed by atoms with E-state index in [0.29, 0.717) is 6.04 Å². The molecule has 100 valence electrons. The van der Waals surface area contributed by atoms with E-state index in [-0.39, 0.29) is 11.9 Å². The number of hydrogen-bond donors (Lipinski definition) is 1. The largest absolute Gasteiger partial charge is 0.313 e. The second-order valence-electron chi connectivity index (χ2n) is 5.16. The molecule has 1 aliphatic rings. The van der Waals surface area contributed by atoms with Gasteiger partial charge in [0.05, 0.1) is 11.9 Å². The maximum atomic E-state index is 12.8. The predicted octanol–water partition coefficient (Wildman–Crippen LogP) is 2.36. The van der Waals surface area contributed by atoms with Crippen LogP contribution in [0, 0.1) is 5.82 Å². The molecule has 0 bridgehead atoms. The van der Waals surface area contributed by atoms with Crippen LogP contribution in [0.2, 0.25) is 0 Å².